The Bertz CT molecular complexity index is 463. The van der Waals surface area contributed by atoms with Crippen LogP contribution in [0.5, 0.6) is 0 Å². The molecule has 1 rings (SSSR count). The van der Waals surface area contributed by atoms with Crippen molar-refractivity contribution in [1.82, 2.24) is 0 Å². The van der Waals surface area contributed by atoms with E-state index < -0.39 is 0 Å². The number of carbonyl (C=O) groups is 1. The van der Waals surface area contributed by atoms with Gasteiger partial charge in [0.25, 0.3) is 0 Å². The van der Waals surface area contributed by atoms with Crippen LogP contribution in [0.2, 0.25) is 0 Å². The molecule has 0 unspecified atom stereocenters. The van der Waals surface area contributed by atoms with Crippen LogP contribution in [0.15, 0.2) is 16.6 Å². The molecule has 3 nitrogen and oxygen atoms in total. The van der Waals surface area contributed by atoms with Crippen molar-refractivity contribution in [3.8, 4) is 6.07 Å². The van der Waals surface area contributed by atoms with E-state index in [1.165, 1.54) is 0 Å². The maximum atomic E-state index is 11.4. The predicted octanol–water partition coefficient (Wildman–Crippen LogP) is 2.99. The third kappa shape index (κ3) is 3.57. The average Bonchev–Trinajstić information content (AvgIpc) is 2.28. The van der Waals surface area contributed by atoms with E-state index in [9.17, 15) is 4.79 Å². The molecule has 0 atom stereocenters. The number of carbonyl (C=O) groups excluding carboxylic acids is 1. The zero-order valence-corrected chi connectivity index (χ0v) is 11.5. The Morgan fingerprint density at radius 2 is 2.18 bits per heavy atom. The number of halogens is 1. The van der Waals surface area contributed by atoms with Gasteiger partial charge in [-0.1, -0.05) is 22.9 Å². The first-order valence-corrected chi connectivity index (χ1v) is 6.28. The highest BCUT2D eigenvalue weighted by Crippen LogP contribution is 2.23. The van der Waals surface area contributed by atoms with Crippen LogP contribution in [0.25, 0.3) is 0 Å². The minimum atomic E-state index is -0.271. The Morgan fingerprint density at radius 1 is 1.47 bits per heavy atom. The molecule has 0 aliphatic rings. The summed E-state index contributed by atoms with van der Waals surface area (Å²) >= 11 is 3.42. The van der Waals surface area contributed by atoms with E-state index in [1.807, 2.05) is 13.0 Å². The largest absolute Gasteiger partial charge is 0.466 e. The molecular weight excluding hydrogens is 282 g/mol. The number of nitrogens with zero attached hydrogens (tertiary/aromatic N) is 1. The Labute approximate surface area is 110 Å². The maximum Gasteiger partial charge on any atom is 0.310 e. The summed E-state index contributed by atoms with van der Waals surface area (Å²) in [5.74, 6) is -0.271. The highest BCUT2D eigenvalue weighted by Gasteiger charge is 2.10. The highest BCUT2D eigenvalue weighted by atomic mass is 79.9. The van der Waals surface area contributed by atoms with Gasteiger partial charge in [-0.25, -0.2) is 0 Å². The lowest BCUT2D eigenvalue weighted by molar-refractivity contribution is -0.142. The molecule has 0 aromatic heterocycles. The molecule has 1 aromatic rings. The summed E-state index contributed by atoms with van der Waals surface area (Å²) in [5, 5.41) is 9.05. The molecule has 0 aliphatic heterocycles. The third-order valence-electron chi connectivity index (χ3n) is 2.38. The van der Waals surface area contributed by atoms with Crippen molar-refractivity contribution < 1.29 is 9.53 Å². The van der Waals surface area contributed by atoms with Gasteiger partial charge < -0.3 is 4.74 Å². The van der Waals surface area contributed by atoms with Crippen molar-refractivity contribution in [3.63, 3.8) is 0 Å². The minimum absolute atomic E-state index is 0.200. The summed E-state index contributed by atoms with van der Waals surface area (Å²) in [6.45, 7) is 4.14. The average molecular weight is 296 g/mol. The van der Waals surface area contributed by atoms with Crippen molar-refractivity contribution in [2.24, 2.45) is 0 Å². The van der Waals surface area contributed by atoms with Crippen molar-refractivity contribution in [1.29, 1.82) is 5.26 Å². The molecule has 0 saturated carbocycles. The van der Waals surface area contributed by atoms with Crippen LogP contribution in [-0.4, -0.2) is 12.6 Å². The fourth-order valence-electron chi connectivity index (χ4n) is 1.63. The summed E-state index contributed by atoms with van der Waals surface area (Å²) in [4.78, 5) is 11.4. The van der Waals surface area contributed by atoms with Crippen LogP contribution < -0.4 is 0 Å². The number of hydrogen-bond acceptors (Lipinski definition) is 3. The predicted molar refractivity (Wildman–Crippen MR) is 68.6 cm³/mol. The first kappa shape index (κ1) is 13.7. The van der Waals surface area contributed by atoms with Crippen LogP contribution in [0.4, 0.5) is 0 Å². The minimum Gasteiger partial charge on any atom is -0.466 e. The molecule has 0 fully saturated rings. The van der Waals surface area contributed by atoms with Gasteiger partial charge in [-0.15, -0.1) is 0 Å². The van der Waals surface area contributed by atoms with Gasteiger partial charge in [0.15, 0.2) is 0 Å². The summed E-state index contributed by atoms with van der Waals surface area (Å²) in [7, 11) is 0. The van der Waals surface area contributed by atoms with Gasteiger partial charge in [0, 0.05) is 4.47 Å². The van der Waals surface area contributed by atoms with Crippen LogP contribution in [0.3, 0.4) is 0 Å². The SMILES string of the molecule is CCOC(=O)Cc1cc(Br)c(CC)c(C#N)c1. The maximum absolute atomic E-state index is 11.4. The van der Waals surface area contributed by atoms with Gasteiger partial charge in [-0.2, -0.15) is 5.26 Å². The molecule has 0 spiro atoms. The molecule has 0 heterocycles. The number of benzene rings is 1. The fraction of sp³-hybridized carbons (Fsp3) is 0.385. The molecule has 0 saturated heterocycles. The topological polar surface area (TPSA) is 50.1 Å². The molecule has 0 amide bonds. The van der Waals surface area contributed by atoms with E-state index in [0.29, 0.717) is 12.2 Å². The third-order valence-corrected chi connectivity index (χ3v) is 3.09. The monoisotopic (exact) mass is 295 g/mol. The van der Waals surface area contributed by atoms with Gasteiger partial charge in [0.1, 0.15) is 0 Å². The van der Waals surface area contributed by atoms with Crippen molar-refractivity contribution in [3.05, 3.63) is 33.3 Å². The lowest BCUT2D eigenvalue weighted by Crippen LogP contribution is -2.08. The van der Waals surface area contributed by atoms with E-state index >= 15 is 0 Å². The molecule has 17 heavy (non-hydrogen) atoms. The molecule has 1 aromatic carbocycles. The van der Waals surface area contributed by atoms with E-state index in [2.05, 4.69) is 22.0 Å². The Balaban J connectivity index is 3.00. The summed E-state index contributed by atoms with van der Waals surface area (Å²) in [6, 6.07) is 5.77. The lowest BCUT2D eigenvalue weighted by atomic mass is 10.0. The summed E-state index contributed by atoms with van der Waals surface area (Å²) in [6.07, 6.45) is 0.980. The van der Waals surface area contributed by atoms with E-state index in [1.54, 1.807) is 13.0 Å². The quantitative estimate of drug-likeness (QED) is 0.803. The molecule has 0 aliphatic carbocycles. The normalized spacial score (nSPS) is 9.76. The number of ether oxygens (including phenoxy) is 1. The van der Waals surface area contributed by atoms with Crippen molar-refractivity contribution in [2.45, 2.75) is 26.7 Å². The summed E-state index contributed by atoms with van der Waals surface area (Å²) in [5.41, 5.74) is 2.38. The Kier molecular flexibility index (Phi) is 5.17. The van der Waals surface area contributed by atoms with Crippen molar-refractivity contribution >= 4 is 21.9 Å². The van der Waals surface area contributed by atoms with Gasteiger partial charge in [-0.05, 0) is 36.6 Å². The smallest absolute Gasteiger partial charge is 0.310 e. The second-order valence-electron chi connectivity index (χ2n) is 3.55. The number of hydrogen-bond donors (Lipinski definition) is 0. The Hall–Kier alpha value is -1.34. The fourth-order valence-corrected chi connectivity index (χ4v) is 2.42. The van der Waals surface area contributed by atoms with E-state index in [-0.39, 0.29) is 12.4 Å². The molecule has 4 heteroatoms. The van der Waals surface area contributed by atoms with Crippen LogP contribution >= 0.6 is 15.9 Å². The molecule has 0 N–H and O–H groups in total. The number of rotatable bonds is 4. The van der Waals surface area contributed by atoms with E-state index in [4.69, 9.17) is 10.00 Å². The number of nitriles is 1. The second-order valence-corrected chi connectivity index (χ2v) is 4.41. The summed E-state index contributed by atoms with van der Waals surface area (Å²) < 4.78 is 5.75. The van der Waals surface area contributed by atoms with Gasteiger partial charge in [0.05, 0.1) is 24.7 Å². The molecule has 0 bridgehead atoms. The van der Waals surface area contributed by atoms with Crippen LogP contribution in [-0.2, 0) is 22.4 Å². The Morgan fingerprint density at radius 3 is 2.71 bits per heavy atom. The second kappa shape index (κ2) is 6.41. The zero-order chi connectivity index (χ0) is 12.8. The first-order chi connectivity index (χ1) is 8.12. The first-order valence-electron chi connectivity index (χ1n) is 5.49. The van der Waals surface area contributed by atoms with Crippen molar-refractivity contribution in [2.75, 3.05) is 6.61 Å². The molecule has 90 valence electrons. The van der Waals surface area contributed by atoms with Gasteiger partial charge >= 0.3 is 5.97 Å². The molecule has 0 radical (unpaired) electrons. The van der Waals surface area contributed by atoms with Gasteiger partial charge in [-0.3, -0.25) is 4.79 Å². The highest BCUT2D eigenvalue weighted by molar-refractivity contribution is 9.10. The zero-order valence-electron chi connectivity index (χ0n) is 9.92. The molecular formula is C13H14BrNO2. The lowest BCUT2D eigenvalue weighted by Gasteiger charge is -2.08. The van der Waals surface area contributed by atoms with E-state index in [0.717, 1.165) is 22.0 Å². The number of esters is 1. The van der Waals surface area contributed by atoms with Crippen LogP contribution in [0, 0.1) is 11.3 Å². The van der Waals surface area contributed by atoms with Gasteiger partial charge in [0.2, 0.25) is 0 Å². The van der Waals surface area contributed by atoms with Crippen LogP contribution in [0.1, 0.15) is 30.5 Å². The standard InChI is InChI=1S/C13H14BrNO2/c1-3-11-10(8-15)5-9(6-12(11)14)7-13(16)17-4-2/h5-6H,3-4,7H2,1-2H3.